The predicted octanol–water partition coefficient (Wildman–Crippen LogP) is 2.40. The molecule has 2 bridgehead atoms. The second-order valence-corrected chi connectivity index (χ2v) is 7.59. The number of hydrogen-bond donors (Lipinski definition) is 0. The molecule has 2 heterocycles. The summed E-state index contributed by atoms with van der Waals surface area (Å²) in [4.78, 5) is 29.0. The minimum absolute atomic E-state index is 0.144. The van der Waals surface area contributed by atoms with E-state index in [1.54, 1.807) is 4.90 Å². The van der Waals surface area contributed by atoms with Crippen LogP contribution in [0.3, 0.4) is 0 Å². The van der Waals surface area contributed by atoms with E-state index in [0.29, 0.717) is 5.92 Å². The standard InChI is InChI=1S/C16H26N2O3/c1-16(2,3)21-15(20)18-12-7-6-11(10-12)13(18)14(19)17-8-4-5-9-17/h11-13H,4-10H2,1-3H3/t11-,12-,13+/m1/s1. The molecule has 0 unspecified atom stereocenters. The first kappa shape index (κ1) is 14.7. The number of carbonyl (C=O) groups is 2. The van der Waals surface area contributed by atoms with Crippen molar-refractivity contribution in [2.24, 2.45) is 5.92 Å². The van der Waals surface area contributed by atoms with Crippen molar-refractivity contribution in [3.63, 3.8) is 0 Å². The molecule has 3 atom stereocenters. The lowest BCUT2D eigenvalue weighted by Gasteiger charge is -2.37. The van der Waals surface area contributed by atoms with Gasteiger partial charge in [-0.3, -0.25) is 9.69 Å². The van der Waals surface area contributed by atoms with Crippen molar-refractivity contribution in [2.75, 3.05) is 13.1 Å². The average molecular weight is 294 g/mol. The van der Waals surface area contributed by atoms with Gasteiger partial charge >= 0.3 is 6.09 Å². The van der Waals surface area contributed by atoms with Crippen molar-refractivity contribution in [3.8, 4) is 0 Å². The quantitative estimate of drug-likeness (QED) is 0.746. The molecule has 118 valence electrons. The van der Waals surface area contributed by atoms with E-state index in [0.717, 1.165) is 45.2 Å². The van der Waals surface area contributed by atoms with Crippen LogP contribution in [0.15, 0.2) is 0 Å². The highest BCUT2D eigenvalue weighted by atomic mass is 16.6. The summed E-state index contributed by atoms with van der Waals surface area (Å²) in [6.07, 6.45) is 4.89. The first-order chi connectivity index (χ1) is 9.87. The molecule has 3 fully saturated rings. The van der Waals surface area contributed by atoms with Crippen molar-refractivity contribution in [1.82, 2.24) is 9.80 Å². The van der Waals surface area contributed by atoms with E-state index < -0.39 is 5.60 Å². The van der Waals surface area contributed by atoms with Crippen molar-refractivity contribution >= 4 is 12.0 Å². The van der Waals surface area contributed by atoms with E-state index >= 15 is 0 Å². The maximum atomic E-state index is 12.8. The molecule has 5 heteroatoms. The van der Waals surface area contributed by atoms with Crippen LogP contribution >= 0.6 is 0 Å². The van der Waals surface area contributed by atoms with Crippen LogP contribution in [0, 0.1) is 5.92 Å². The molecule has 21 heavy (non-hydrogen) atoms. The largest absolute Gasteiger partial charge is 0.444 e. The molecule has 0 spiro atoms. The summed E-state index contributed by atoms with van der Waals surface area (Å²) >= 11 is 0. The number of carbonyl (C=O) groups excluding carboxylic acids is 2. The maximum absolute atomic E-state index is 12.8. The maximum Gasteiger partial charge on any atom is 0.411 e. The summed E-state index contributed by atoms with van der Waals surface area (Å²) in [5, 5.41) is 0. The molecular weight excluding hydrogens is 268 g/mol. The van der Waals surface area contributed by atoms with E-state index in [-0.39, 0.29) is 24.1 Å². The second kappa shape index (κ2) is 5.18. The number of rotatable bonds is 1. The van der Waals surface area contributed by atoms with Gasteiger partial charge in [0, 0.05) is 19.1 Å². The highest BCUT2D eigenvalue weighted by Gasteiger charge is 2.53. The van der Waals surface area contributed by atoms with E-state index in [4.69, 9.17) is 4.74 Å². The Hall–Kier alpha value is -1.26. The van der Waals surface area contributed by atoms with Gasteiger partial charge in [0.2, 0.25) is 5.91 Å². The highest BCUT2D eigenvalue weighted by Crippen LogP contribution is 2.44. The molecule has 1 saturated carbocycles. The van der Waals surface area contributed by atoms with Gasteiger partial charge in [0.05, 0.1) is 0 Å². The molecule has 5 nitrogen and oxygen atoms in total. The van der Waals surface area contributed by atoms with Gasteiger partial charge < -0.3 is 9.64 Å². The fraction of sp³-hybridized carbons (Fsp3) is 0.875. The van der Waals surface area contributed by atoms with Gasteiger partial charge in [-0.05, 0) is 58.8 Å². The molecule has 0 N–H and O–H groups in total. The number of fused-ring (bicyclic) bond motifs is 2. The lowest BCUT2D eigenvalue weighted by Crippen LogP contribution is -2.54. The third-order valence-electron chi connectivity index (χ3n) is 4.86. The zero-order valence-electron chi connectivity index (χ0n) is 13.3. The van der Waals surface area contributed by atoms with Crippen LogP contribution in [0.25, 0.3) is 0 Å². The van der Waals surface area contributed by atoms with Gasteiger partial charge in [-0.1, -0.05) is 0 Å². The van der Waals surface area contributed by atoms with E-state index in [2.05, 4.69) is 0 Å². The third kappa shape index (κ3) is 2.74. The molecule has 3 rings (SSSR count). The Kier molecular flexibility index (Phi) is 3.62. The van der Waals surface area contributed by atoms with Gasteiger partial charge in [-0.15, -0.1) is 0 Å². The molecule has 2 amide bonds. The Morgan fingerprint density at radius 3 is 2.38 bits per heavy atom. The minimum Gasteiger partial charge on any atom is -0.444 e. The van der Waals surface area contributed by atoms with E-state index in [1.165, 1.54) is 0 Å². The first-order valence-electron chi connectivity index (χ1n) is 8.17. The molecule has 2 saturated heterocycles. The molecule has 0 aromatic carbocycles. The zero-order chi connectivity index (χ0) is 15.2. The monoisotopic (exact) mass is 294 g/mol. The summed E-state index contributed by atoms with van der Waals surface area (Å²) in [7, 11) is 0. The van der Waals surface area contributed by atoms with Gasteiger partial charge in [0.15, 0.2) is 0 Å². The first-order valence-corrected chi connectivity index (χ1v) is 8.17. The van der Waals surface area contributed by atoms with E-state index in [9.17, 15) is 9.59 Å². The third-order valence-corrected chi connectivity index (χ3v) is 4.86. The Balaban J connectivity index is 1.77. The number of likely N-dealkylation sites (tertiary alicyclic amines) is 2. The number of nitrogens with zero attached hydrogens (tertiary/aromatic N) is 2. The molecule has 1 aliphatic carbocycles. The molecule has 0 aromatic heterocycles. The van der Waals surface area contributed by atoms with Crippen molar-refractivity contribution < 1.29 is 14.3 Å². The zero-order valence-corrected chi connectivity index (χ0v) is 13.3. The second-order valence-electron chi connectivity index (χ2n) is 7.59. The lowest BCUT2D eigenvalue weighted by atomic mass is 9.97. The number of amides is 2. The van der Waals surface area contributed by atoms with Gasteiger partial charge in [-0.2, -0.15) is 0 Å². The van der Waals surface area contributed by atoms with Gasteiger partial charge in [0.1, 0.15) is 11.6 Å². The van der Waals surface area contributed by atoms with Crippen molar-refractivity contribution in [2.45, 2.75) is 70.6 Å². The fourth-order valence-corrected chi connectivity index (χ4v) is 4.01. The summed E-state index contributed by atoms with van der Waals surface area (Å²) in [5.74, 6) is 0.473. The summed E-state index contributed by atoms with van der Waals surface area (Å²) in [6, 6.07) is -0.0851. The number of ether oxygens (including phenoxy) is 1. The van der Waals surface area contributed by atoms with Crippen LogP contribution in [0.4, 0.5) is 4.79 Å². The smallest absolute Gasteiger partial charge is 0.411 e. The Labute approximate surface area is 126 Å². The normalized spacial score (nSPS) is 31.9. The van der Waals surface area contributed by atoms with Gasteiger partial charge in [0.25, 0.3) is 0 Å². The average Bonchev–Trinajstić information content (AvgIpc) is 3.10. The lowest BCUT2D eigenvalue weighted by molar-refractivity contribution is -0.137. The number of piperidine rings is 1. The van der Waals surface area contributed by atoms with Crippen LogP contribution in [0.2, 0.25) is 0 Å². The molecular formula is C16H26N2O3. The summed E-state index contributed by atoms with van der Waals surface area (Å²) in [5.41, 5.74) is -0.514. The Bertz CT molecular complexity index is 437. The van der Waals surface area contributed by atoms with Crippen LogP contribution in [-0.4, -0.2) is 52.6 Å². The minimum atomic E-state index is -0.514. The molecule has 3 aliphatic rings. The van der Waals surface area contributed by atoms with Crippen LogP contribution in [0.5, 0.6) is 0 Å². The number of hydrogen-bond acceptors (Lipinski definition) is 3. The Morgan fingerprint density at radius 1 is 1.10 bits per heavy atom. The van der Waals surface area contributed by atoms with E-state index in [1.807, 2.05) is 25.7 Å². The Morgan fingerprint density at radius 2 is 1.76 bits per heavy atom. The molecule has 0 radical (unpaired) electrons. The van der Waals surface area contributed by atoms with Crippen LogP contribution in [0.1, 0.15) is 52.9 Å². The van der Waals surface area contributed by atoms with Crippen LogP contribution < -0.4 is 0 Å². The van der Waals surface area contributed by atoms with Crippen LogP contribution in [-0.2, 0) is 9.53 Å². The van der Waals surface area contributed by atoms with Crippen molar-refractivity contribution in [3.05, 3.63) is 0 Å². The summed E-state index contributed by atoms with van der Waals surface area (Å²) < 4.78 is 5.53. The SMILES string of the molecule is CC(C)(C)OC(=O)N1[C@@H]2CC[C@H](C2)[C@H]1C(=O)N1CCCC1. The molecule has 2 aliphatic heterocycles. The predicted molar refractivity (Wildman–Crippen MR) is 78.8 cm³/mol. The van der Waals surface area contributed by atoms with Crippen molar-refractivity contribution in [1.29, 1.82) is 0 Å². The topological polar surface area (TPSA) is 49.9 Å². The summed E-state index contributed by atoms with van der Waals surface area (Å²) in [6.45, 7) is 7.30. The highest BCUT2D eigenvalue weighted by molar-refractivity contribution is 5.87. The molecule has 0 aromatic rings. The fourth-order valence-electron chi connectivity index (χ4n) is 4.01. The van der Waals surface area contributed by atoms with Gasteiger partial charge in [-0.25, -0.2) is 4.79 Å².